The van der Waals surface area contributed by atoms with Crippen LogP contribution in [0.25, 0.3) is 0 Å². The smallest absolute Gasteiger partial charge is 0.258 e. The number of hydrogen-bond acceptors (Lipinski definition) is 6. The molecule has 2 atom stereocenters. The number of nitro benzene ring substituents is 2. The summed E-state index contributed by atoms with van der Waals surface area (Å²) in [7, 11) is -4.03. The van der Waals surface area contributed by atoms with Crippen molar-refractivity contribution in [1.29, 1.82) is 0 Å². The van der Waals surface area contributed by atoms with Gasteiger partial charge in [0, 0.05) is 6.07 Å². The van der Waals surface area contributed by atoms with E-state index in [0.29, 0.717) is 25.3 Å². The summed E-state index contributed by atoms with van der Waals surface area (Å²) in [6, 6.07) is 2.54. The monoisotopic (exact) mass is 348 g/mol. The number of hydrogen-bond donors (Lipinski definition) is 0. The van der Waals surface area contributed by atoms with E-state index in [9.17, 15) is 28.6 Å². The van der Waals surface area contributed by atoms with Crippen LogP contribution in [0, 0.1) is 20.2 Å². The number of sulfone groups is 1. The van der Waals surface area contributed by atoms with E-state index < -0.39 is 46.6 Å². The first-order valence-corrected chi connectivity index (χ1v) is 8.54. The molecule has 22 heavy (non-hydrogen) atoms. The van der Waals surface area contributed by atoms with Crippen molar-refractivity contribution < 1.29 is 18.3 Å². The molecule has 0 aliphatic heterocycles. The molecule has 1 aromatic carbocycles. The lowest BCUT2D eigenvalue weighted by molar-refractivity contribution is -0.396. The molecule has 0 saturated heterocycles. The van der Waals surface area contributed by atoms with Crippen molar-refractivity contribution >= 4 is 32.8 Å². The van der Waals surface area contributed by atoms with Gasteiger partial charge in [0.15, 0.2) is 9.84 Å². The van der Waals surface area contributed by atoms with Gasteiger partial charge >= 0.3 is 0 Å². The van der Waals surface area contributed by atoms with Crippen LogP contribution in [0.15, 0.2) is 23.1 Å². The van der Waals surface area contributed by atoms with E-state index in [0.717, 1.165) is 18.6 Å². The Labute approximate surface area is 131 Å². The molecule has 0 amide bonds. The van der Waals surface area contributed by atoms with Gasteiger partial charge in [-0.2, -0.15) is 0 Å². The Morgan fingerprint density at radius 1 is 1.09 bits per heavy atom. The molecule has 1 aliphatic rings. The summed E-state index contributed by atoms with van der Waals surface area (Å²) in [4.78, 5) is 19.5. The summed E-state index contributed by atoms with van der Waals surface area (Å²) in [6.45, 7) is 0. The van der Waals surface area contributed by atoms with Crippen LogP contribution >= 0.6 is 11.6 Å². The number of benzene rings is 1. The Morgan fingerprint density at radius 3 is 2.27 bits per heavy atom. The highest BCUT2D eigenvalue weighted by Crippen LogP contribution is 2.36. The van der Waals surface area contributed by atoms with E-state index in [-0.39, 0.29) is 0 Å². The van der Waals surface area contributed by atoms with Gasteiger partial charge in [0.2, 0.25) is 0 Å². The van der Waals surface area contributed by atoms with Gasteiger partial charge in [0.25, 0.3) is 11.4 Å². The zero-order chi connectivity index (χ0) is 16.5. The Morgan fingerprint density at radius 2 is 1.73 bits per heavy atom. The Hall–Kier alpha value is -1.74. The summed E-state index contributed by atoms with van der Waals surface area (Å²) in [6.07, 6.45) is 2.33. The number of rotatable bonds is 4. The maximum atomic E-state index is 12.6. The van der Waals surface area contributed by atoms with Gasteiger partial charge in [-0.1, -0.05) is 12.8 Å². The Balaban J connectivity index is 2.55. The summed E-state index contributed by atoms with van der Waals surface area (Å²) < 4.78 is 25.3. The first kappa shape index (κ1) is 16.6. The van der Waals surface area contributed by atoms with Crippen LogP contribution in [-0.4, -0.2) is 28.9 Å². The molecule has 1 saturated carbocycles. The topological polar surface area (TPSA) is 120 Å². The summed E-state index contributed by atoms with van der Waals surface area (Å²) in [5, 5.41) is 20.3. The molecule has 0 bridgehead atoms. The minimum Gasteiger partial charge on any atom is -0.258 e. The predicted octanol–water partition coefficient (Wildman–Crippen LogP) is 2.83. The highest BCUT2D eigenvalue weighted by Gasteiger charge is 2.39. The maximum Gasteiger partial charge on any atom is 0.294 e. The molecule has 0 N–H and O–H groups in total. The van der Waals surface area contributed by atoms with E-state index >= 15 is 0 Å². The van der Waals surface area contributed by atoms with Crippen molar-refractivity contribution in [3.8, 4) is 0 Å². The van der Waals surface area contributed by atoms with Gasteiger partial charge in [-0.25, -0.2) is 8.42 Å². The molecular formula is C12H13ClN2O6S. The van der Waals surface area contributed by atoms with Crippen molar-refractivity contribution in [2.75, 3.05) is 0 Å². The lowest BCUT2D eigenvalue weighted by Gasteiger charge is -2.26. The standard InChI is InChI=1S/C12H13ClN2O6S/c13-9-3-1-2-4-11(9)22(20,21)12-6-5-8(14(16)17)7-10(12)15(18)19/h5-7,9,11H,1-4H2/t9-,11-/m0/s1. The molecule has 1 aromatic rings. The molecule has 0 unspecified atom stereocenters. The van der Waals surface area contributed by atoms with Crippen molar-refractivity contribution in [1.82, 2.24) is 0 Å². The predicted molar refractivity (Wildman–Crippen MR) is 78.8 cm³/mol. The lowest BCUT2D eigenvalue weighted by Crippen LogP contribution is -2.34. The fourth-order valence-electron chi connectivity index (χ4n) is 2.57. The summed E-state index contributed by atoms with van der Waals surface area (Å²) in [5.41, 5.74) is -1.32. The second-order valence-corrected chi connectivity index (χ2v) is 7.75. The van der Waals surface area contributed by atoms with Gasteiger partial charge in [-0.15, -0.1) is 11.6 Å². The summed E-state index contributed by atoms with van der Waals surface area (Å²) >= 11 is 6.07. The molecule has 0 heterocycles. The first-order valence-electron chi connectivity index (χ1n) is 6.56. The van der Waals surface area contributed by atoms with Crippen LogP contribution in [-0.2, 0) is 9.84 Å². The van der Waals surface area contributed by atoms with Gasteiger partial charge in [0.1, 0.15) is 4.90 Å². The number of halogens is 1. The molecule has 2 rings (SSSR count). The molecule has 1 fully saturated rings. The van der Waals surface area contributed by atoms with E-state index in [1.807, 2.05) is 0 Å². The van der Waals surface area contributed by atoms with Crippen molar-refractivity contribution in [3.05, 3.63) is 38.4 Å². The number of alkyl halides is 1. The average Bonchev–Trinajstić information content (AvgIpc) is 2.46. The minimum absolute atomic E-state index is 0.324. The fraction of sp³-hybridized carbons (Fsp3) is 0.500. The second-order valence-electron chi connectivity index (χ2n) is 5.05. The largest absolute Gasteiger partial charge is 0.294 e. The van der Waals surface area contributed by atoms with E-state index in [1.54, 1.807) is 0 Å². The summed E-state index contributed by atoms with van der Waals surface area (Å²) in [5.74, 6) is 0. The van der Waals surface area contributed by atoms with Crippen LogP contribution in [0.1, 0.15) is 25.7 Å². The first-order chi connectivity index (χ1) is 10.2. The van der Waals surface area contributed by atoms with E-state index in [2.05, 4.69) is 0 Å². The molecule has 8 nitrogen and oxygen atoms in total. The highest BCUT2D eigenvalue weighted by molar-refractivity contribution is 7.92. The van der Waals surface area contributed by atoms with Crippen LogP contribution in [0.5, 0.6) is 0 Å². The van der Waals surface area contributed by atoms with Gasteiger partial charge < -0.3 is 0 Å². The molecular weight excluding hydrogens is 336 g/mol. The van der Waals surface area contributed by atoms with Gasteiger partial charge in [-0.3, -0.25) is 20.2 Å². The van der Waals surface area contributed by atoms with Gasteiger partial charge in [-0.05, 0) is 18.9 Å². The van der Waals surface area contributed by atoms with E-state index in [4.69, 9.17) is 11.6 Å². The number of nitrogens with zero attached hydrogens (tertiary/aromatic N) is 2. The van der Waals surface area contributed by atoms with E-state index in [1.165, 1.54) is 0 Å². The molecule has 0 aromatic heterocycles. The SMILES string of the molecule is O=[N+]([O-])c1ccc(S(=O)(=O)[C@H]2CCCC[C@@H]2Cl)c([N+](=O)[O-])c1. The van der Waals surface area contributed by atoms with Gasteiger partial charge in [0.05, 0.1) is 26.5 Å². The third-order valence-corrected chi connectivity index (χ3v) is 6.67. The van der Waals surface area contributed by atoms with Crippen LogP contribution < -0.4 is 0 Å². The van der Waals surface area contributed by atoms with Crippen LogP contribution in [0.3, 0.4) is 0 Å². The number of nitro groups is 2. The molecule has 120 valence electrons. The normalized spacial score (nSPS) is 22.2. The molecule has 1 aliphatic carbocycles. The minimum atomic E-state index is -4.03. The molecule has 10 heteroatoms. The maximum absolute atomic E-state index is 12.6. The molecule has 0 radical (unpaired) electrons. The third kappa shape index (κ3) is 3.05. The second kappa shape index (κ2) is 6.17. The van der Waals surface area contributed by atoms with Crippen molar-refractivity contribution in [2.24, 2.45) is 0 Å². The fourth-order valence-corrected chi connectivity index (χ4v) is 5.26. The third-order valence-electron chi connectivity index (χ3n) is 3.68. The average molecular weight is 349 g/mol. The highest BCUT2D eigenvalue weighted by atomic mass is 35.5. The lowest BCUT2D eigenvalue weighted by atomic mass is 10.00. The zero-order valence-corrected chi connectivity index (χ0v) is 12.9. The van der Waals surface area contributed by atoms with Crippen LogP contribution in [0.4, 0.5) is 11.4 Å². The molecule has 0 spiro atoms. The number of non-ortho nitro benzene ring substituents is 1. The zero-order valence-electron chi connectivity index (χ0n) is 11.3. The van der Waals surface area contributed by atoms with Crippen LogP contribution in [0.2, 0.25) is 0 Å². The Bertz CT molecular complexity index is 720. The Kier molecular flexibility index (Phi) is 4.66. The van der Waals surface area contributed by atoms with Crippen molar-refractivity contribution in [3.63, 3.8) is 0 Å². The van der Waals surface area contributed by atoms with Crippen molar-refractivity contribution in [2.45, 2.75) is 41.2 Å². The quantitative estimate of drug-likeness (QED) is 0.468.